The molecule has 0 fully saturated rings. The zero-order valence-electron chi connectivity index (χ0n) is 15.6. The number of carbonyl (C=O) groups excluding carboxylic acids is 1. The van der Waals surface area contributed by atoms with Gasteiger partial charge in [0.2, 0.25) is 11.9 Å². The molecule has 28 heavy (non-hydrogen) atoms. The monoisotopic (exact) mass is 424 g/mol. The maximum Gasteiger partial charge on any atom is 0.248 e. The van der Waals surface area contributed by atoms with Crippen molar-refractivity contribution in [3.63, 3.8) is 0 Å². The number of halogens is 3. The van der Waals surface area contributed by atoms with Crippen molar-refractivity contribution in [1.82, 2.24) is 24.5 Å². The third-order valence-corrected chi connectivity index (χ3v) is 5.24. The maximum absolute atomic E-state index is 13.9. The molecule has 3 rings (SSSR count). The third kappa shape index (κ3) is 4.34. The molecule has 2 aromatic heterocycles. The van der Waals surface area contributed by atoms with E-state index in [4.69, 9.17) is 23.2 Å². The van der Waals surface area contributed by atoms with E-state index in [-0.39, 0.29) is 24.3 Å². The number of anilines is 1. The first-order valence-electron chi connectivity index (χ1n) is 8.59. The van der Waals surface area contributed by atoms with Crippen molar-refractivity contribution in [1.29, 1.82) is 0 Å². The van der Waals surface area contributed by atoms with Crippen molar-refractivity contribution in [3.05, 3.63) is 57.3 Å². The van der Waals surface area contributed by atoms with Gasteiger partial charge >= 0.3 is 0 Å². The van der Waals surface area contributed by atoms with E-state index in [2.05, 4.69) is 20.5 Å². The van der Waals surface area contributed by atoms with E-state index in [1.54, 1.807) is 17.7 Å². The average Bonchev–Trinajstić information content (AvgIpc) is 3.18. The van der Waals surface area contributed by atoms with Crippen LogP contribution in [0.2, 0.25) is 10.0 Å². The van der Waals surface area contributed by atoms with Gasteiger partial charge in [0.05, 0.1) is 35.4 Å². The van der Waals surface area contributed by atoms with Crippen molar-refractivity contribution in [2.24, 2.45) is 5.92 Å². The van der Waals surface area contributed by atoms with Gasteiger partial charge < -0.3 is 0 Å². The van der Waals surface area contributed by atoms with Gasteiger partial charge in [0, 0.05) is 10.6 Å². The van der Waals surface area contributed by atoms with E-state index >= 15 is 0 Å². The third-order valence-electron chi connectivity index (χ3n) is 4.34. The number of aromatic nitrogens is 5. The fourth-order valence-electron chi connectivity index (χ4n) is 2.70. The van der Waals surface area contributed by atoms with Gasteiger partial charge in [-0.05, 0) is 26.0 Å². The van der Waals surface area contributed by atoms with E-state index in [1.165, 1.54) is 23.1 Å². The Morgan fingerprint density at radius 1 is 1.29 bits per heavy atom. The van der Waals surface area contributed by atoms with E-state index in [0.29, 0.717) is 22.2 Å². The lowest BCUT2D eigenvalue weighted by molar-refractivity contribution is -0.119. The standard InChI is InChI=1S/C18H19Cl2FN6O/c1-10(7-27-12(3)16(20)11(2)24-27)17(28)23-18-22-9-26(25-18)8-13-14(19)5-4-6-15(13)21/h4-6,9-10H,7-8H2,1-3H3,(H,23,25,28). The molecule has 1 atom stereocenters. The lowest BCUT2D eigenvalue weighted by Gasteiger charge is -2.12. The molecule has 0 spiro atoms. The molecule has 1 unspecified atom stereocenters. The lowest BCUT2D eigenvalue weighted by atomic mass is 10.1. The smallest absolute Gasteiger partial charge is 0.248 e. The Kier molecular flexibility index (Phi) is 6.00. The summed E-state index contributed by atoms with van der Waals surface area (Å²) in [6, 6.07) is 4.46. The molecular weight excluding hydrogens is 406 g/mol. The largest absolute Gasteiger partial charge is 0.293 e. The van der Waals surface area contributed by atoms with E-state index in [0.717, 1.165) is 11.4 Å². The number of hydrogen-bond acceptors (Lipinski definition) is 4. The molecular formula is C18H19Cl2FN6O. The molecule has 10 heteroatoms. The van der Waals surface area contributed by atoms with Crippen LogP contribution in [0.5, 0.6) is 0 Å². The summed E-state index contributed by atoms with van der Waals surface area (Å²) < 4.78 is 17.0. The topological polar surface area (TPSA) is 77.6 Å². The molecule has 0 aliphatic heterocycles. The number of rotatable bonds is 6. The second-order valence-electron chi connectivity index (χ2n) is 6.52. The van der Waals surface area contributed by atoms with Crippen molar-refractivity contribution in [2.45, 2.75) is 33.9 Å². The lowest BCUT2D eigenvalue weighted by Crippen LogP contribution is -2.26. The van der Waals surface area contributed by atoms with Crippen LogP contribution in [0.1, 0.15) is 23.9 Å². The van der Waals surface area contributed by atoms with Crippen LogP contribution in [0, 0.1) is 25.6 Å². The molecule has 2 heterocycles. The summed E-state index contributed by atoms with van der Waals surface area (Å²) in [6.45, 7) is 5.92. The predicted octanol–water partition coefficient (Wildman–Crippen LogP) is 3.86. The number of hydrogen-bond donors (Lipinski definition) is 1. The first kappa shape index (κ1) is 20.3. The van der Waals surface area contributed by atoms with Crippen molar-refractivity contribution < 1.29 is 9.18 Å². The molecule has 0 aliphatic rings. The number of nitrogens with one attached hydrogen (secondary N) is 1. The highest BCUT2D eigenvalue weighted by atomic mass is 35.5. The Labute approximate surface area is 171 Å². The Bertz CT molecular complexity index is 995. The maximum atomic E-state index is 13.9. The molecule has 0 saturated carbocycles. The summed E-state index contributed by atoms with van der Waals surface area (Å²) in [7, 11) is 0. The number of amides is 1. The van der Waals surface area contributed by atoms with E-state index < -0.39 is 5.82 Å². The first-order valence-corrected chi connectivity index (χ1v) is 9.34. The summed E-state index contributed by atoms with van der Waals surface area (Å²) in [5, 5.41) is 12.0. The second-order valence-corrected chi connectivity index (χ2v) is 7.31. The van der Waals surface area contributed by atoms with E-state index in [1.807, 2.05) is 13.8 Å². The molecule has 0 radical (unpaired) electrons. The quantitative estimate of drug-likeness (QED) is 0.651. The van der Waals surface area contributed by atoms with Gasteiger partial charge in [0.15, 0.2) is 0 Å². The summed E-state index contributed by atoms with van der Waals surface area (Å²) in [6.07, 6.45) is 1.41. The van der Waals surface area contributed by atoms with Crippen LogP contribution >= 0.6 is 23.2 Å². The van der Waals surface area contributed by atoms with Crippen molar-refractivity contribution >= 4 is 35.1 Å². The molecule has 0 saturated heterocycles. The summed E-state index contributed by atoms with van der Waals surface area (Å²) in [5.41, 5.74) is 1.84. The van der Waals surface area contributed by atoms with E-state index in [9.17, 15) is 9.18 Å². The van der Waals surface area contributed by atoms with Gasteiger partial charge in [0.1, 0.15) is 12.1 Å². The molecule has 0 bridgehead atoms. The highest BCUT2D eigenvalue weighted by molar-refractivity contribution is 6.32. The highest BCUT2D eigenvalue weighted by Gasteiger charge is 2.19. The van der Waals surface area contributed by atoms with Crippen LogP contribution < -0.4 is 5.32 Å². The minimum Gasteiger partial charge on any atom is -0.293 e. The Balaban J connectivity index is 1.64. The number of carbonyl (C=O) groups is 1. The number of nitrogens with zero attached hydrogens (tertiary/aromatic N) is 5. The Morgan fingerprint density at radius 3 is 2.68 bits per heavy atom. The Morgan fingerprint density at radius 2 is 2.04 bits per heavy atom. The SMILES string of the molecule is Cc1nn(CC(C)C(=O)Nc2ncn(Cc3c(F)cccc3Cl)n2)c(C)c1Cl. The normalized spacial score (nSPS) is 12.2. The Hall–Kier alpha value is -2.45. The molecule has 1 amide bonds. The predicted molar refractivity (Wildman–Crippen MR) is 105 cm³/mol. The zero-order valence-corrected chi connectivity index (χ0v) is 17.1. The molecule has 1 aromatic carbocycles. The highest BCUT2D eigenvalue weighted by Crippen LogP contribution is 2.21. The van der Waals surface area contributed by atoms with Gasteiger partial charge in [-0.25, -0.2) is 14.1 Å². The van der Waals surface area contributed by atoms with Gasteiger partial charge in [-0.2, -0.15) is 5.10 Å². The fraction of sp³-hybridized carbons (Fsp3) is 0.333. The van der Waals surface area contributed by atoms with Gasteiger partial charge in [-0.1, -0.05) is 36.2 Å². The first-order chi connectivity index (χ1) is 13.3. The second kappa shape index (κ2) is 8.28. The number of aryl methyl sites for hydroxylation is 1. The van der Waals surface area contributed by atoms with Crippen LogP contribution in [0.4, 0.5) is 10.3 Å². The minimum absolute atomic E-state index is 0.105. The zero-order chi connectivity index (χ0) is 20.4. The van der Waals surface area contributed by atoms with Crippen LogP contribution in [-0.2, 0) is 17.9 Å². The van der Waals surface area contributed by atoms with Crippen molar-refractivity contribution in [2.75, 3.05) is 5.32 Å². The van der Waals surface area contributed by atoms with Crippen molar-refractivity contribution in [3.8, 4) is 0 Å². The minimum atomic E-state index is -0.425. The molecule has 148 valence electrons. The summed E-state index contributed by atoms with van der Waals surface area (Å²) >= 11 is 12.2. The molecule has 1 N–H and O–H groups in total. The average molecular weight is 425 g/mol. The summed E-state index contributed by atoms with van der Waals surface area (Å²) in [4.78, 5) is 16.5. The van der Waals surface area contributed by atoms with Gasteiger partial charge in [-0.3, -0.25) is 14.8 Å². The summed E-state index contributed by atoms with van der Waals surface area (Å²) in [5.74, 6) is -0.936. The molecule has 0 aliphatic carbocycles. The number of benzene rings is 1. The van der Waals surface area contributed by atoms with Gasteiger partial charge in [-0.15, -0.1) is 5.10 Å². The van der Waals surface area contributed by atoms with Crippen LogP contribution in [-0.4, -0.2) is 30.5 Å². The van der Waals surface area contributed by atoms with Crippen LogP contribution in [0.25, 0.3) is 0 Å². The fourth-order valence-corrected chi connectivity index (χ4v) is 3.06. The van der Waals surface area contributed by atoms with Crippen LogP contribution in [0.3, 0.4) is 0 Å². The molecule has 3 aromatic rings. The van der Waals surface area contributed by atoms with Gasteiger partial charge in [0.25, 0.3) is 0 Å². The van der Waals surface area contributed by atoms with Crippen LogP contribution in [0.15, 0.2) is 24.5 Å². The molecule has 7 nitrogen and oxygen atoms in total.